The molecule has 2 heterocycles. The molecule has 0 N–H and O–H groups in total. The van der Waals surface area contributed by atoms with Gasteiger partial charge in [0.15, 0.2) is 0 Å². The molecule has 0 aromatic rings. The van der Waals surface area contributed by atoms with E-state index < -0.39 is 0 Å². The average molecular weight is 178 g/mol. The minimum Gasteiger partial charge on any atom is -0.156 e. The highest BCUT2D eigenvalue weighted by molar-refractivity contribution is 8.20. The molecule has 2 saturated heterocycles. The number of hydrogen-bond donors (Lipinski definition) is 0. The molecular weight excluding hydrogens is 168 g/mol. The van der Waals surface area contributed by atoms with Crippen molar-refractivity contribution >= 4 is 35.3 Å². The fourth-order valence-electron chi connectivity index (χ4n) is 1.22. The molecule has 2 aliphatic heterocycles. The minimum absolute atomic E-state index is 0.962. The monoisotopic (exact) mass is 178 g/mol. The van der Waals surface area contributed by atoms with E-state index in [0.717, 1.165) is 9.83 Å². The van der Waals surface area contributed by atoms with Crippen LogP contribution < -0.4 is 0 Å². The zero-order chi connectivity index (χ0) is 6.10. The summed E-state index contributed by atoms with van der Waals surface area (Å²) < 4.78 is 0.962. The van der Waals surface area contributed by atoms with Crippen LogP contribution in [0.3, 0.4) is 0 Å². The SMILES string of the molecule is C1CS[C@H]2CCS[C@H]2S1. The lowest BCUT2D eigenvalue weighted by Gasteiger charge is -2.22. The summed E-state index contributed by atoms with van der Waals surface area (Å²) in [7, 11) is 0. The molecule has 52 valence electrons. The van der Waals surface area contributed by atoms with Crippen LogP contribution >= 0.6 is 35.3 Å². The van der Waals surface area contributed by atoms with Crippen molar-refractivity contribution in [2.24, 2.45) is 0 Å². The number of thioether (sulfide) groups is 3. The lowest BCUT2D eigenvalue weighted by molar-refractivity contribution is 0.939. The molecule has 0 aromatic heterocycles. The molecule has 0 aromatic carbocycles. The Kier molecular flexibility index (Phi) is 2.23. The summed E-state index contributed by atoms with van der Waals surface area (Å²) in [6, 6.07) is 0. The zero-order valence-corrected chi connectivity index (χ0v) is 7.66. The van der Waals surface area contributed by atoms with Crippen molar-refractivity contribution in [3.8, 4) is 0 Å². The second kappa shape index (κ2) is 2.97. The summed E-state index contributed by atoms with van der Waals surface area (Å²) in [5, 5.41) is 1.01. The van der Waals surface area contributed by atoms with E-state index in [0.29, 0.717) is 0 Å². The van der Waals surface area contributed by atoms with E-state index in [1.54, 1.807) is 0 Å². The third kappa shape index (κ3) is 1.38. The molecule has 0 spiro atoms. The maximum Gasteiger partial charge on any atom is 0.0621 e. The van der Waals surface area contributed by atoms with Crippen molar-refractivity contribution in [3.05, 3.63) is 0 Å². The van der Waals surface area contributed by atoms with E-state index in [2.05, 4.69) is 35.3 Å². The molecule has 0 radical (unpaired) electrons. The summed E-state index contributed by atoms with van der Waals surface area (Å²) in [6.45, 7) is 0. The molecule has 3 heteroatoms. The lowest BCUT2D eigenvalue weighted by Crippen LogP contribution is -2.17. The Hall–Kier alpha value is 1.05. The number of fused-ring (bicyclic) bond motifs is 1. The Morgan fingerprint density at radius 1 is 0.889 bits per heavy atom. The van der Waals surface area contributed by atoms with Crippen LogP contribution in [0.15, 0.2) is 0 Å². The van der Waals surface area contributed by atoms with E-state index in [9.17, 15) is 0 Å². The Morgan fingerprint density at radius 2 is 1.67 bits per heavy atom. The third-order valence-corrected chi connectivity index (χ3v) is 6.71. The summed E-state index contributed by atoms with van der Waals surface area (Å²) >= 11 is 6.54. The van der Waals surface area contributed by atoms with E-state index in [-0.39, 0.29) is 0 Å². The summed E-state index contributed by atoms with van der Waals surface area (Å²) in [5.74, 6) is 4.20. The fourth-order valence-corrected chi connectivity index (χ4v) is 6.35. The first-order chi connectivity index (χ1) is 4.47. The Morgan fingerprint density at radius 3 is 2.56 bits per heavy atom. The van der Waals surface area contributed by atoms with Gasteiger partial charge in [0.1, 0.15) is 0 Å². The average Bonchev–Trinajstić information content (AvgIpc) is 2.33. The van der Waals surface area contributed by atoms with E-state index in [1.165, 1.54) is 23.7 Å². The summed E-state index contributed by atoms with van der Waals surface area (Å²) in [6.07, 6.45) is 1.47. The van der Waals surface area contributed by atoms with Crippen LogP contribution in [0, 0.1) is 0 Å². The highest BCUT2D eigenvalue weighted by atomic mass is 32.2. The molecule has 2 rings (SSSR count). The number of hydrogen-bond acceptors (Lipinski definition) is 3. The first-order valence-corrected chi connectivity index (χ1v) is 6.46. The molecule has 0 amide bonds. The van der Waals surface area contributed by atoms with Gasteiger partial charge in [-0.15, -0.1) is 23.5 Å². The van der Waals surface area contributed by atoms with Gasteiger partial charge >= 0.3 is 0 Å². The van der Waals surface area contributed by atoms with Crippen LogP contribution in [-0.2, 0) is 0 Å². The maximum atomic E-state index is 2.19. The van der Waals surface area contributed by atoms with Crippen LogP contribution in [0.2, 0.25) is 0 Å². The third-order valence-electron chi connectivity index (χ3n) is 1.69. The molecular formula is C6H10S3. The molecule has 2 aliphatic rings. The van der Waals surface area contributed by atoms with Crippen molar-refractivity contribution in [2.45, 2.75) is 16.3 Å². The first kappa shape index (κ1) is 6.74. The molecule has 2 atom stereocenters. The van der Waals surface area contributed by atoms with E-state index in [1.807, 2.05) is 0 Å². The van der Waals surface area contributed by atoms with E-state index in [4.69, 9.17) is 0 Å². The summed E-state index contributed by atoms with van der Waals surface area (Å²) in [4.78, 5) is 0. The Labute approximate surface area is 68.9 Å². The van der Waals surface area contributed by atoms with Crippen LogP contribution in [0.4, 0.5) is 0 Å². The second-order valence-electron chi connectivity index (χ2n) is 2.31. The van der Waals surface area contributed by atoms with Crippen molar-refractivity contribution in [1.82, 2.24) is 0 Å². The van der Waals surface area contributed by atoms with Crippen LogP contribution in [-0.4, -0.2) is 27.1 Å². The number of rotatable bonds is 0. The fraction of sp³-hybridized carbons (Fsp3) is 1.00. The lowest BCUT2D eigenvalue weighted by atomic mass is 10.4. The molecule has 2 fully saturated rings. The summed E-state index contributed by atoms with van der Waals surface area (Å²) in [5.41, 5.74) is 0. The van der Waals surface area contributed by atoms with Gasteiger partial charge in [-0.05, 0) is 12.2 Å². The Bertz CT molecular complexity index is 92.5. The molecule has 0 aliphatic carbocycles. The Balaban J connectivity index is 1.97. The van der Waals surface area contributed by atoms with Gasteiger partial charge in [0.05, 0.1) is 4.58 Å². The van der Waals surface area contributed by atoms with Crippen LogP contribution in [0.25, 0.3) is 0 Å². The van der Waals surface area contributed by atoms with Gasteiger partial charge in [-0.1, -0.05) is 0 Å². The van der Waals surface area contributed by atoms with Crippen LogP contribution in [0.1, 0.15) is 6.42 Å². The molecule has 0 nitrogen and oxygen atoms in total. The predicted molar refractivity (Wildman–Crippen MR) is 49.6 cm³/mol. The van der Waals surface area contributed by atoms with Gasteiger partial charge < -0.3 is 0 Å². The van der Waals surface area contributed by atoms with Crippen molar-refractivity contribution in [1.29, 1.82) is 0 Å². The molecule has 0 bridgehead atoms. The maximum absolute atomic E-state index is 2.19. The van der Waals surface area contributed by atoms with Gasteiger partial charge in [0, 0.05) is 16.8 Å². The van der Waals surface area contributed by atoms with Crippen LogP contribution in [0.5, 0.6) is 0 Å². The zero-order valence-electron chi connectivity index (χ0n) is 5.21. The van der Waals surface area contributed by atoms with Gasteiger partial charge in [0.2, 0.25) is 0 Å². The van der Waals surface area contributed by atoms with Crippen molar-refractivity contribution < 1.29 is 0 Å². The topological polar surface area (TPSA) is 0 Å². The highest BCUT2D eigenvalue weighted by Crippen LogP contribution is 2.45. The smallest absolute Gasteiger partial charge is 0.0621 e. The van der Waals surface area contributed by atoms with Gasteiger partial charge in [-0.25, -0.2) is 0 Å². The van der Waals surface area contributed by atoms with Crippen molar-refractivity contribution in [2.75, 3.05) is 17.3 Å². The minimum atomic E-state index is 0.962. The second-order valence-corrected chi connectivity index (χ2v) is 6.45. The highest BCUT2D eigenvalue weighted by Gasteiger charge is 2.30. The largest absolute Gasteiger partial charge is 0.156 e. The van der Waals surface area contributed by atoms with Gasteiger partial charge in [0.25, 0.3) is 0 Å². The molecule has 0 unspecified atom stereocenters. The standard InChI is InChI=1S/C6H10S3/c1-2-8-6-5(1)7-3-4-9-6/h5-6H,1-4H2/t5-,6-/m0/s1. The van der Waals surface area contributed by atoms with E-state index >= 15 is 0 Å². The first-order valence-electron chi connectivity index (χ1n) is 3.31. The van der Waals surface area contributed by atoms with Gasteiger partial charge in [-0.2, -0.15) is 11.8 Å². The normalized spacial score (nSPS) is 42.7. The van der Waals surface area contributed by atoms with Crippen molar-refractivity contribution in [3.63, 3.8) is 0 Å². The quantitative estimate of drug-likeness (QED) is 0.558. The van der Waals surface area contributed by atoms with Gasteiger partial charge in [-0.3, -0.25) is 0 Å². The molecule has 9 heavy (non-hydrogen) atoms. The molecule has 0 saturated carbocycles. The predicted octanol–water partition coefficient (Wildman–Crippen LogP) is 2.30.